The van der Waals surface area contributed by atoms with Gasteiger partial charge >= 0.3 is 0 Å². The predicted molar refractivity (Wildman–Crippen MR) is 119 cm³/mol. The molecule has 1 aliphatic carbocycles. The normalized spacial score (nSPS) is 18.1. The van der Waals surface area contributed by atoms with Crippen LogP contribution >= 0.6 is 23.8 Å². The van der Waals surface area contributed by atoms with E-state index >= 15 is 0 Å². The Hall–Kier alpha value is -1.99. The van der Waals surface area contributed by atoms with Gasteiger partial charge in [-0.3, -0.25) is 0 Å². The highest BCUT2D eigenvalue weighted by Crippen LogP contribution is 2.40. The van der Waals surface area contributed by atoms with Gasteiger partial charge in [0.1, 0.15) is 16.8 Å². The average molecular weight is 434 g/mol. The van der Waals surface area contributed by atoms with Crippen LogP contribution < -0.4 is 15.5 Å². The highest BCUT2D eigenvalue weighted by Gasteiger charge is 2.35. The first-order valence-corrected chi connectivity index (χ1v) is 10.9. The molecule has 5 nitrogen and oxygen atoms in total. The fraction of sp³-hybridized carbons (Fsp3) is 0.476. The third kappa shape index (κ3) is 4.78. The van der Waals surface area contributed by atoms with E-state index in [-0.39, 0.29) is 11.2 Å². The number of thiocarbonyl (C=S) groups is 1. The second-order valence-electron chi connectivity index (χ2n) is 7.87. The molecular weight excluding hydrogens is 409 g/mol. The Morgan fingerprint density at radius 1 is 1.10 bits per heavy atom. The zero-order valence-electron chi connectivity index (χ0n) is 16.3. The molecule has 1 aromatic heterocycles. The molecule has 0 atom stereocenters. The molecule has 0 unspecified atom stereocenters. The summed E-state index contributed by atoms with van der Waals surface area (Å²) in [6, 6.07) is 8.64. The van der Waals surface area contributed by atoms with Gasteiger partial charge in [-0.05, 0) is 55.6 Å². The number of hydrogen-bond donors (Lipinski definition) is 2. The predicted octanol–water partition coefficient (Wildman–Crippen LogP) is 4.67. The third-order valence-electron chi connectivity index (χ3n) is 5.94. The highest BCUT2D eigenvalue weighted by molar-refractivity contribution is 7.80. The average Bonchev–Trinajstić information content (AvgIpc) is 3.39. The zero-order chi connectivity index (χ0) is 20.3. The summed E-state index contributed by atoms with van der Waals surface area (Å²) in [4.78, 5) is 11.0. The molecule has 0 spiro atoms. The zero-order valence-corrected chi connectivity index (χ0v) is 17.8. The first-order valence-electron chi connectivity index (χ1n) is 10.1. The van der Waals surface area contributed by atoms with Gasteiger partial charge in [0, 0.05) is 31.1 Å². The maximum atomic E-state index is 13.4. The van der Waals surface area contributed by atoms with Gasteiger partial charge in [-0.1, -0.05) is 36.6 Å². The van der Waals surface area contributed by atoms with Crippen molar-refractivity contribution in [2.45, 2.75) is 43.9 Å². The fourth-order valence-corrected chi connectivity index (χ4v) is 4.73. The number of anilines is 2. The van der Waals surface area contributed by atoms with E-state index in [9.17, 15) is 4.39 Å². The number of rotatable bonds is 5. The van der Waals surface area contributed by atoms with Crippen molar-refractivity contribution in [3.8, 4) is 0 Å². The van der Waals surface area contributed by atoms with E-state index in [2.05, 4.69) is 25.5 Å². The van der Waals surface area contributed by atoms with E-state index in [0.717, 1.165) is 63.0 Å². The van der Waals surface area contributed by atoms with Crippen LogP contribution in [0.2, 0.25) is 5.15 Å². The van der Waals surface area contributed by atoms with Gasteiger partial charge < -0.3 is 15.5 Å². The second-order valence-corrected chi connectivity index (χ2v) is 8.66. The molecule has 2 aromatic rings. The minimum Gasteiger partial charge on any atom is -0.361 e. The third-order valence-corrected chi connectivity index (χ3v) is 6.38. The Morgan fingerprint density at radius 2 is 1.79 bits per heavy atom. The molecule has 2 aliphatic rings. The lowest BCUT2D eigenvalue weighted by Crippen LogP contribution is -2.41. The summed E-state index contributed by atoms with van der Waals surface area (Å²) < 4.78 is 13.4. The molecule has 1 aromatic carbocycles. The SMILES string of the molecule is Fc1ccc(C2(CNC(=S)Nc3nc(Cl)cc(N4CCCC4)n3)CCCC2)cc1. The molecule has 2 heterocycles. The number of hydrogen-bond acceptors (Lipinski definition) is 4. The van der Waals surface area contributed by atoms with Gasteiger partial charge in [-0.2, -0.15) is 4.98 Å². The number of halogens is 2. The van der Waals surface area contributed by atoms with E-state index in [1.54, 1.807) is 6.07 Å². The molecule has 0 radical (unpaired) electrons. The Labute approximate surface area is 181 Å². The fourth-order valence-electron chi connectivity index (χ4n) is 4.39. The largest absolute Gasteiger partial charge is 0.361 e. The van der Waals surface area contributed by atoms with Crippen LogP contribution in [-0.4, -0.2) is 34.7 Å². The second kappa shape index (κ2) is 8.79. The highest BCUT2D eigenvalue weighted by atomic mass is 35.5. The molecule has 4 rings (SSSR count). The van der Waals surface area contributed by atoms with Crippen molar-refractivity contribution in [3.63, 3.8) is 0 Å². The van der Waals surface area contributed by atoms with Crippen molar-refractivity contribution in [2.75, 3.05) is 29.9 Å². The summed E-state index contributed by atoms with van der Waals surface area (Å²) in [5.74, 6) is 1.02. The van der Waals surface area contributed by atoms with Crippen LogP contribution in [0.3, 0.4) is 0 Å². The van der Waals surface area contributed by atoms with Crippen LogP contribution in [0.25, 0.3) is 0 Å². The smallest absolute Gasteiger partial charge is 0.232 e. The molecule has 2 fully saturated rings. The molecule has 0 amide bonds. The monoisotopic (exact) mass is 433 g/mol. The number of aromatic nitrogens is 2. The number of nitrogens with one attached hydrogen (secondary N) is 2. The summed E-state index contributed by atoms with van der Waals surface area (Å²) in [6.45, 7) is 2.65. The Balaban J connectivity index is 1.42. The lowest BCUT2D eigenvalue weighted by atomic mass is 9.79. The summed E-state index contributed by atoms with van der Waals surface area (Å²) >= 11 is 11.7. The van der Waals surface area contributed by atoms with E-state index < -0.39 is 0 Å². The van der Waals surface area contributed by atoms with Crippen molar-refractivity contribution in [2.24, 2.45) is 0 Å². The van der Waals surface area contributed by atoms with Gasteiger partial charge in [0.2, 0.25) is 5.95 Å². The summed E-state index contributed by atoms with van der Waals surface area (Å²) in [5.41, 5.74) is 1.12. The van der Waals surface area contributed by atoms with Crippen molar-refractivity contribution in [3.05, 3.63) is 46.9 Å². The lowest BCUT2D eigenvalue weighted by molar-refractivity contribution is 0.434. The summed E-state index contributed by atoms with van der Waals surface area (Å²) in [5, 5.41) is 7.26. The van der Waals surface area contributed by atoms with Crippen LogP contribution in [0, 0.1) is 5.82 Å². The molecule has 29 heavy (non-hydrogen) atoms. The van der Waals surface area contributed by atoms with Crippen molar-refractivity contribution in [1.29, 1.82) is 0 Å². The van der Waals surface area contributed by atoms with Gasteiger partial charge in [0.25, 0.3) is 0 Å². The molecule has 1 saturated carbocycles. The van der Waals surface area contributed by atoms with Crippen molar-refractivity contribution >= 4 is 40.7 Å². The Bertz CT molecular complexity index is 864. The Kier molecular flexibility index (Phi) is 6.15. The number of nitrogens with zero attached hydrogens (tertiary/aromatic N) is 3. The molecule has 2 N–H and O–H groups in total. The quantitative estimate of drug-likeness (QED) is 0.528. The van der Waals surface area contributed by atoms with Gasteiger partial charge in [0.15, 0.2) is 5.11 Å². The van der Waals surface area contributed by atoms with Crippen LogP contribution in [0.1, 0.15) is 44.1 Å². The minimum absolute atomic E-state index is 0.0324. The van der Waals surface area contributed by atoms with E-state index in [4.69, 9.17) is 23.8 Å². The van der Waals surface area contributed by atoms with Gasteiger partial charge in [-0.25, -0.2) is 9.37 Å². The lowest BCUT2D eigenvalue weighted by Gasteiger charge is -2.30. The molecule has 0 bridgehead atoms. The van der Waals surface area contributed by atoms with Gasteiger partial charge in [0.05, 0.1) is 0 Å². The van der Waals surface area contributed by atoms with E-state index in [0.29, 0.717) is 22.8 Å². The van der Waals surface area contributed by atoms with Crippen molar-refractivity contribution < 1.29 is 4.39 Å². The van der Waals surface area contributed by atoms with Crippen LogP contribution in [0.5, 0.6) is 0 Å². The molecule has 154 valence electrons. The topological polar surface area (TPSA) is 53.1 Å². The van der Waals surface area contributed by atoms with Gasteiger partial charge in [-0.15, -0.1) is 0 Å². The first-order chi connectivity index (χ1) is 14.0. The summed E-state index contributed by atoms with van der Waals surface area (Å²) in [6.07, 6.45) is 6.76. The van der Waals surface area contributed by atoms with E-state index in [1.807, 2.05) is 12.1 Å². The maximum Gasteiger partial charge on any atom is 0.232 e. The van der Waals surface area contributed by atoms with E-state index in [1.165, 1.54) is 12.1 Å². The molecular formula is C21H25ClFN5S. The van der Waals surface area contributed by atoms with Crippen LogP contribution in [0.15, 0.2) is 30.3 Å². The van der Waals surface area contributed by atoms with Crippen LogP contribution in [-0.2, 0) is 5.41 Å². The van der Waals surface area contributed by atoms with Crippen LogP contribution in [0.4, 0.5) is 16.2 Å². The standard InChI is InChI=1S/C21H25ClFN5S/c22-17-13-18(28-11-3-4-12-28)26-19(25-17)27-20(29)24-14-21(9-1-2-10-21)15-5-7-16(23)8-6-15/h5-8,13H,1-4,9-12,14H2,(H2,24,25,26,27,29). The molecule has 1 saturated heterocycles. The Morgan fingerprint density at radius 3 is 2.48 bits per heavy atom. The first kappa shape index (κ1) is 20.3. The summed E-state index contributed by atoms with van der Waals surface area (Å²) in [7, 11) is 0. The number of benzene rings is 1. The molecule has 1 aliphatic heterocycles. The minimum atomic E-state index is -0.209. The maximum absolute atomic E-state index is 13.4. The molecule has 8 heteroatoms. The van der Waals surface area contributed by atoms with Crippen molar-refractivity contribution in [1.82, 2.24) is 15.3 Å².